The van der Waals surface area contributed by atoms with E-state index in [4.69, 9.17) is 0 Å². The van der Waals surface area contributed by atoms with Gasteiger partial charge in [-0.05, 0) is 95.4 Å². The SMILES string of the molecule is O=C(Nc1ccc(SC2CC(=O)N(c3ccc(I)cc3)C2=O)cc1)/C(=C/c1ccccc1F)NC(=O)c1ccccc1. The quantitative estimate of drug-likeness (QED) is 0.129. The van der Waals surface area contributed by atoms with Crippen LogP contribution in [0.1, 0.15) is 22.3 Å². The second kappa shape index (κ2) is 13.1. The van der Waals surface area contributed by atoms with Crippen LogP contribution >= 0.6 is 34.4 Å². The van der Waals surface area contributed by atoms with Crippen LogP contribution in [0.2, 0.25) is 0 Å². The van der Waals surface area contributed by atoms with Gasteiger partial charge in [0.1, 0.15) is 11.5 Å². The lowest BCUT2D eigenvalue weighted by Crippen LogP contribution is -2.31. The van der Waals surface area contributed by atoms with E-state index in [-0.39, 0.29) is 29.5 Å². The number of amides is 4. The molecule has 4 amide bonds. The van der Waals surface area contributed by atoms with E-state index < -0.39 is 22.9 Å². The van der Waals surface area contributed by atoms with E-state index in [0.29, 0.717) is 16.9 Å². The van der Waals surface area contributed by atoms with Crippen LogP contribution in [0.15, 0.2) is 114 Å². The number of carbonyl (C=O) groups is 4. The van der Waals surface area contributed by atoms with Crippen LogP contribution < -0.4 is 15.5 Å². The molecule has 42 heavy (non-hydrogen) atoms. The molecule has 1 unspecified atom stereocenters. The topological polar surface area (TPSA) is 95.6 Å². The fourth-order valence-corrected chi connectivity index (χ4v) is 5.64. The molecular formula is C32H23FIN3O4S. The Morgan fingerprint density at radius 2 is 1.55 bits per heavy atom. The number of carbonyl (C=O) groups excluding carboxylic acids is 4. The zero-order valence-corrected chi connectivity index (χ0v) is 24.9. The molecule has 210 valence electrons. The Morgan fingerprint density at radius 1 is 0.881 bits per heavy atom. The number of nitrogens with one attached hydrogen (secondary N) is 2. The summed E-state index contributed by atoms with van der Waals surface area (Å²) in [5.41, 5.74) is 1.31. The molecule has 0 aromatic heterocycles. The summed E-state index contributed by atoms with van der Waals surface area (Å²) in [4.78, 5) is 53.6. The van der Waals surface area contributed by atoms with Crippen molar-refractivity contribution in [3.8, 4) is 0 Å². The molecule has 1 heterocycles. The Balaban J connectivity index is 1.28. The lowest BCUT2D eigenvalue weighted by atomic mass is 10.1. The van der Waals surface area contributed by atoms with Crippen molar-refractivity contribution in [3.05, 3.63) is 129 Å². The van der Waals surface area contributed by atoms with E-state index in [9.17, 15) is 23.6 Å². The Bertz CT molecular complexity index is 1680. The summed E-state index contributed by atoms with van der Waals surface area (Å²) in [6, 6.07) is 28.2. The van der Waals surface area contributed by atoms with E-state index in [1.807, 2.05) is 12.1 Å². The zero-order valence-electron chi connectivity index (χ0n) is 21.9. The molecule has 7 nitrogen and oxygen atoms in total. The minimum absolute atomic E-state index is 0.0826. The predicted octanol–water partition coefficient (Wildman–Crippen LogP) is 6.26. The summed E-state index contributed by atoms with van der Waals surface area (Å²) in [6.45, 7) is 0. The van der Waals surface area contributed by atoms with Crippen LogP contribution in [0, 0.1) is 9.39 Å². The normalized spacial score (nSPS) is 15.0. The standard InChI is InChI=1S/C32H23FIN3O4S/c33-26-9-5-4-8-21(26)18-27(36-30(39)20-6-2-1-3-7-20)31(40)35-23-12-16-25(17-13-23)42-28-19-29(38)37(32(28)41)24-14-10-22(34)11-15-24/h1-18,28H,19H2,(H,35,40)(H,36,39)/b27-18-. The summed E-state index contributed by atoms with van der Waals surface area (Å²) in [7, 11) is 0. The van der Waals surface area contributed by atoms with Crippen molar-refractivity contribution >= 4 is 75.4 Å². The van der Waals surface area contributed by atoms with Gasteiger partial charge in [-0.3, -0.25) is 19.2 Å². The first kappa shape index (κ1) is 29.2. The molecular weight excluding hydrogens is 668 g/mol. The van der Waals surface area contributed by atoms with Crippen LogP contribution in [-0.2, 0) is 14.4 Å². The Morgan fingerprint density at radius 3 is 2.24 bits per heavy atom. The number of benzene rings is 4. The minimum atomic E-state index is -0.646. The van der Waals surface area contributed by atoms with Gasteiger partial charge in [0, 0.05) is 31.7 Å². The molecule has 0 bridgehead atoms. The highest BCUT2D eigenvalue weighted by Crippen LogP contribution is 2.34. The molecule has 10 heteroatoms. The van der Waals surface area contributed by atoms with Crippen molar-refractivity contribution in [2.45, 2.75) is 16.6 Å². The highest BCUT2D eigenvalue weighted by atomic mass is 127. The molecule has 0 spiro atoms. The summed E-state index contributed by atoms with van der Waals surface area (Å²) >= 11 is 3.43. The first-order valence-electron chi connectivity index (χ1n) is 12.8. The summed E-state index contributed by atoms with van der Waals surface area (Å²) in [5.74, 6) is -2.24. The summed E-state index contributed by atoms with van der Waals surface area (Å²) in [6.07, 6.45) is 1.36. The molecule has 1 atom stereocenters. The molecule has 4 aromatic rings. The van der Waals surface area contributed by atoms with Crippen molar-refractivity contribution in [2.24, 2.45) is 0 Å². The fraction of sp³-hybridized carbons (Fsp3) is 0.0625. The molecule has 1 saturated heterocycles. The third-order valence-corrected chi connectivity index (χ3v) is 8.23. The zero-order chi connectivity index (χ0) is 29.6. The van der Waals surface area contributed by atoms with Crippen molar-refractivity contribution in [1.29, 1.82) is 0 Å². The van der Waals surface area contributed by atoms with Gasteiger partial charge in [0.25, 0.3) is 11.8 Å². The fourth-order valence-electron chi connectivity index (χ4n) is 4.23. The molecule has 1 aliphatic rings. The smallest absolute Gasteiger partial charge is 0.272 e. The molecule has 4 aromatic carbocycles. The van der Waals surface area contributed by atoms with Crippen molar-refractivity contribution in [3.63, 3.8) is 0 Å². The van der Waals surface area contributed by atoms with Crippen LogP contribution in [0.25, 0.3) is 6.08 Å². The molecule has 0 saturated carbocycles. The average Bonchev–Trinajstić information content (AvgIpc) is 3.27. The Hall–Kier alpha value is -4.29. The molecule has 0 radical (unpaired) electrons. The monoisotopic (exact) mass is 691 g/mol. The summed E-state index contributed by atoms with van der Waals surface area (Å²) in [5, 5.41) is 4.74. The predicted molar refractivity (Wildman–Crippen MR) is 169 cm³/mol. The lowest BCUT2D eigenvalue weighted by Gasteiger charge is -2.15. The number of hydrogen-bond donors (Lipinski definition) is 2. The van der Waals surface area contributed by atoms with Crippen LogP contribution in [0.4, 0.5) is 15.8 Å². The van der Waals surface area contributed by atoms with E-state index in [1.54, 1.807) is 72.8 Å². The van der Waals surface area contributed by atoms with Crippen molar-refractivity contribution in [1.82, 2.24) is 5.32 Å². The van der Waals surface area contributed by atoms with Gasteiger partial charge in [0.15, 0.2) is 0 Å². The number of thioether (sulfide) groups is 1. The molecule has 0 aliphatic carbocycles. The Labute approximate surface area is 259 Å². The first-order chi connectivity index (χ1) is 20.3. The van der Waals surface area contributed by atoms with Crippen molar-refractivity contribution in [2.75, 3.05) is 10.2 Å². The summed E-state index contributed by atoms with van der Waals surface area (Å²) < 4.78 is 15.4. The maximum absolute atomic E-state index is 14.4. The molecule has 1 fully saturated rings. The Kier molecular flexibility index (Phi) is 9.13. The highest BCUT2D eigenvalue weighted by molar-refractivity contribution is 14.1. The van der Waals surface area contributed by atoms with Gasteiger partial charge in [0.2, 0.25) is 11.8 Å². The van der Waals surface area contributed by atoms with Gasteiger partial charge >= 0.3 is 0 Å². The van der Waals surface area contributed by atoms with E-state index >= 15 is 0 Å². The van der Waals surface area contributed by atoms with Gasteiger partial charge in [-0.15, -0.1) is 11.8 Å². The number of anilines is 2. The average molecular weight is 692 g/mol. The third-order valence-electron chi connectivity index (χ3n) is 6.31. The molecule has 2 N–H and O–H groups in total. The second-order valence-corrected chi connectivity index (χ2v) is 11.8. The number of rotatable bonds is 8. The van der Waals surface area contributed by atoms with Gasteiger partial charge in [0.05, 0.1) is 10.9 Å². The number of imide groups is 1. The lowest BCUT2D eigenvalue weighted by molar-refractivity contribution is -0.121. The van der Waals surface area contributed by atoms with Gasteiger partial charge in [-0.2, -0.15) is 0 Å². The van der Waals surface area contributed by atoms with Gasteiger partial charge < -0.3 is 10.6 Å². The van der Waals surface area contributed by atoms with E-state index in [0.717, 1.165) is 8.47 Å². The third kappa shape index (κ3) is 6.94. The maximum Gasteiger partial charge on any atom is 0.272 e. The van der Waals surface area contributed by atoms with Crippen LogP contribution in [-0.4, -0.2) is 28.9 Å². The van der Waals surface area contributed by atoms with Gasteiger partial charge in [-0.1, -0.05) is 36.4 Å². The maximum atomic E-state index is 14.4. The number of nitrogens with zero attached hydrogens (tertiary/aromatic N) is 1. The number of hydrogen-bond acceptors (Lipinski definition) is 5. The van der Waals surface area contributed by atoms with E-state index in [2.05, 4.69) is 33.2 Å². The van der Waals surface area contributed by atoms with Crippen molar-refractivity contribution < 1.29 is 23.6 Å². The molecule has 1 aliphatic heterocycles. The van der Waals surface area contributed by atoms with Gasteiger partial charge in [-0.25, -0.2) is 9.29 Å². The molecule has 5 rings (SSSR count). The second-order valence-electron chi connectivity index (χ2n) is 9.23. The largest absolute Gasteiger partial charge is 0.321 e. The minimum Gasteiger partial charge on any atom is -0.321 e. The van der Waals surface area contributed by atoms with Crippen LogP contribution in [0.3, 0.4) is 0 Å². The first-order valence-corrected chi connectivity index (χ1v) is 14.8. The van der Waals surface area contributed by atoms with Crippen LogP contribution in [0.5, 0.6) is 0 Å². The highest BCUT2D eigenvalue weighted by Gasteiger charge is 2.40. The van der Waals surface area contributed by atoms with E-state index in [1.165, 1.54) is 40.9 Å². The number of halogens is 2.